The van der Waals surface area contributed by atoms with Gasteiger partial charge in [0.25, 0.3) is 5.56 Å². The number of nitrogens with one attached hydrogen (secondary N) is 1. The van der Waals surface area contributed by atoms with E-state index in [1.807, 2.05) is 42.5 Å². The number of benzene rings is 2. The van der Waals surface area contributed by atoms with Crippen molar-refractivity contribution in [3.8, 4) is 0 Å². The van der Waals surface area contributed by atoms with E-state index >= 15 is 0 Å². The molecule has 0 bridgehead atoms. The molecule has 1 aromatic heterocycles. The largest absolute Gasteiger partial charge is 0.383 e. The van der Waals surface area contributed by atoms with Crippen LogP contribution in [0.25, 0.3) is 10.9 Å². The monoisotopic (exact) mass is 383 g/mol. The number of carbonyl (C=O) groups excluding carboxylic acids is 1. The lowest BCUT2D eigenvalue weighted by Crippen LogP contribution is -2.28. The van der Waals surface area contributed by atoms with Gasteiger partial charge in [0.1, 0.15) is 0 Å². The third-order valence-electron chi connectivity index (χ3n) is 4.04. The maximum atomic E-state index is 12.9. The fourth-order valence-electron chi connectivity index (χ4n) is 2.59. The molecule has 0 aliphatic carbocycles. The van der Waals surface area contributed by atoms with Gasteiger partial charge in [-0.3, -0.25) is 14.2 Å². The Balaban J connectivity index is 1.88. The smallest absolute Gasteiger partial charge is 0.262 e. The van der Waals surface area contributed by atoms with E-state index in [2.05, 4.69) is 10.3 Å². The molecule has 7 heteroatoms. The van der Waals surface area contributed by atoms with Crippen molar-refractivity contribution in [1.29, 1.82) is 0 Å². The van der Waals surface area contributed by atoms with Crippen molar-refractivity contribution in [2.24, 2.45) is 0 Å². The Morgan fingerprint density at radius 2 is 1.89 bits per heavy atom. The highest BCUT2D eigenvalue weighted by molar-refractivity contribution is 8.00. The van der Waals surface area contributed by atoms with E-state index < -0.39 is 5.25 Å². The first-order chi connectivity index (χ1) is 13.1. The van der Waals surface area contributed by atoms with Crippen LogP contribution in [-0.4, -0.2) is 34.4 Å². The molecule has 0 spiro atoms. The number of rotatable bonds is 7. The minimum absolute atomic E-state index is 0.129. The highest BCUT2D eigenvalue weighted by Gasteiger charge is 2.19. The summed E-state index contributed by atoms with van der Waals surface area (Å²) >= 11 is 1.26. The third kappa shape index (κ3) is 4.56. The predicted molar refractivity (Wildman–Crippen MR) is 108 cm³/mol. The number of amides is 1. The fraction of sp³-hybridized carbons (Fsp3) is 0.250. The lowest BCUT2D eigenvalue weighted by Gasteiger charge is -2.16. The van der Waals surface area contributed by atoms with Crippen LogP contribution >= 0.6 is 11.8 Å². The lowest BCUT2D eigenvalue weighted by atomic mass is 10.2. The molecule has 0 aliphatic rings. The topological polar surface area (TPSA) is 73.2 Å². The molecule has 1 amide bonds. The van der Waals surface area contributed by atoms with Crippen molar-refractivity contribution >= 4 is 34.3 Å². The van der Waals surface area contributed by atoms with Gasteiger partial charge in [0.15, 0.2) is 5.16 Å². The first-order valence-corrected chi connectivity index (χ1v) is 9.49. The third-order valence-corrected chi connectivity index (χ3v) is 5.13. The van der Waals surface area contributed by atoms with Crippen LogP contribution < -0.4 is 10.9 Å². The van der Waals surface area contributed by atoms with Crippen LogP contribution in [0.1, 0.15) is 6.92 Å². The molecular formula is C20H21N3O3S. The molecule has 6 nitrogen and oxygen atoms in total. The van der Waals surface area contributed by atoms with Crippen LogP contribution in [0.2, 0.25) is 0 Å². The number of hydrogen-bond acceptors (Lipinski definition) is 5. The summed E-state index contributed by atoms with van der Waals surface area (Å²) in [6.45, 7) is 2.56. The van der Waals surface area contributed by atoms with Gasteiger partial charge in [-0.25, -0.2) is 4.98 Å². The molecule has 3 rings (SSSR count). The number of thioether (sulfide) groups is 1. The van der Waals surface area contributed by atoms with Crippen molar-refractivity contribution in [2.45, 2.75) is 23.9 Å². The molecule has 0 radical (unpaired) electrons. The van der Waals surface area contributed by atoms with E-state index in [0.29, 0.717) is 29.2 Å². The Kier molecular flexibility index (Phi) is 6.26. The van der Waals surface area contributed by atoms with Crippen LogP contribution in [0, 0.1) is 0 Å². The Bertz CT molecular complexity index is 989. The Morgan fingerprint density at radius 3 is 2.63 bits per heavy atom. The second-order valence-corrected chi connectivity index (χ2v) is 7.28. The van der Waals surface area contributed by atoms with Gasteiger partial charge in [-0.2, -0.15) is 0 Å². The second-order valence-electron chi connectivity index (χ2n) is 5.98. The van der Waals surface area contributed by atoms with Crippen LogP contribution in [0.5, 0.6) is 0 Å². The summed E-state index contributed by atoms with van der Waals surface area (Å²) in [7, 11) is 1.59. The summed E-state index contributed by atoms with van der Waals surface area (Å²) in [4.78, 5) is 30.0. The van der Waals surface area contributed by atoms with E-state index in [-0.39, 0.29) is 11.5 Å². The number of aromatic nitrogens is 2. The van der Waals surface area contributed by atoms with Gasteiger partial charge in [0.05, 0.1) is 29.3 Å². The van der Waals surface area contributed by atoms with Gasteiger partial charge in [-0.1, -0.05) is 42.1 Å². The molecule has 1 heterocycles. The molecule has 0 saturated carbocycles. The molecule has 0 unspecified atom stereocenters. The summed E-state index contributed by atoms with van der Waals surface area (Å²) in [5, 5.41) is 3.51. The SMILES string of the molecule is COCCn1c(S[C@H](C)C(=O)Nc2ccccc2)nc2ccccc2c1=O. The highest BCUT2D eigenvalue weighted by atomic mass is 32.2. The van der Waals surface area contributed by atoms with Gasteiger partial charge < -0.3 is 10.1 Å². The van der Waals surface area contributed by atoms with E-state index in [1.54, 1.807) is 30.7 Å². The van der Waals surface area contributed by atoms with E-state index in [9.17, 15) is 9.59 Å². The summed E-state index contributed by atoms with van der Waals surface area (Å²) in [5.41, 5.74) is 1.23. The van der Waals surface area contributed by atoms with Crippen LogP contribution in [0.3, 0.4) is 0 Å². The Hall–Kier alpha value is -2.64. The number of hydrogen-bond donors (Lipinski definition) is 1. The summed E-state index contributed by atoms with van der Waals surface area (Å²) < 4.78 is 6.70. The molecule has 3 aromatic rings. The van der Waals surface area contributed by atoms with Crippen LogP contribution in [0.15, 0.2) is 64.5 Å². The fourth-order valence-corrected chi connectivity index (χ4v) is 3.53. The summed E-state index contributed by atoms with van der Waals surface area (Å²) in [5.74, 6) is -0.146. The van der Waals surface area contributed by atoms with Crippen molar-refractivity contribution in [1.82, 2.24) is 9.55 Å². The first-order valence-electron chi connectivity index (χ1n) is 8.61. The standard InChI is InChI=1S/C20H21N3O3S/c1-14(18(24)21-15-8-4-3-5-9-15)27-20-22-17-11-7-6-10-16(17)19(25)23(20)12-13-26-2/h3-11,14H,12-13H2,1-2H3,(H,21,24)/t14-/m1/s1. The van der Waals surface area contributed by atoms with Crippen molar-refractivity contribution < 1.29 is 9.53 Å². The van der Waals surface area contributed by atoms with Crippen LogP contribution in [-0.2, 0) is 16.1 Å². The molecule has 140 valence electrons. The maximum absolute atomic E-state index is 12.9. The summed E-state index contributed by atoms with van der Waals surface area (Å²) in [6, 6.07) is 16.5. The quantitative estimate of drug-likeness (QED) is 0.501. The molecule has 0 fully saturated rings. The average molecular weight is 383 g/mol. The van der Waals surface area contributed by atoms with Crippen LogP contribution in [0.4, 0.5) is 5.69 Å². The molecule has 1 atom stereocenters. The Labute approximate surface area is 161 Å². The number of nitrogens with zero attached hydrogens (tertiary/aromatic N) is 2. The highest BCUT2D eigenvalue weighted by Crippen LogP contribution is 2.23. The number of anilines is 1. The van der Waals surface area contributed by atoms with Gasteiger partial charge in [0, 0.05) is 12.8 Å². The minimum Gasteiger partial charge on any atom is -0.383 e. The number of carbonyl (C=O) groups is 1. The lowest BCUT2D eigenvalue weighted by molar-refractivity contribution is -0.115. The predicted octanol–water partition coefficient (Wildman–Crippen LogP) is 3.16. The van der Waals surface area contributed by atoms with Gasteiger partial charge >= 0.3 is 0 Å². The second kappa shape index (κ2) is 8.83. The molecule has 1 N–H and O–H groups in total. The first kappa shape index (κ1) is 19.1. The van der Waals surface area contributed by atoms with Gasteiger partial charge in [-0.05, 0) is 31.2 Å². The minimum atomic E-state index is -0.424. The van der Waals surface area contributed by atoms with Crippen molar-refractivity contribution in [3.05, 3.63) is 65.0 Å². The van der Waals surface area contributed by atoms with E-state index in [0.717, 1.165) is 5.69 Å². The average Bonchev–Trinajstić information content (AvgIpc) is 2.68. The van der Waals surface area contributed by atoms with E-state index in [1.165, 1.54) is 11.8 Å². The van der Waals surface area contributed by atoms with Crippen molar-refractivity contribution in [2.75, 3.05) is 19.0 Å². The molecule has 2 aromatic carbocycles. The van der Waals surface area contributed by atoms with Crippen molar-refractivity contribution in [3.63, 3.8) is 0 Å². The normalized spacial score (nSPS) is 12.1. The molecular weight excluding hydrogens is 362 g/mol. The Morgan fingerprint density at radius 1 is 1.19 bits per heavy atom. The molecule has 0 saturated heterocycles. The zero-order valence-electron chi connectivity index (χ0n) is 15.2. The maximum Gasteiger partial charge on any atom is 0.262 e. The summed E-state index contributed by atoms with van der Waals surface area (Å²) in [6.07, 6.45) is 0. The molecule has 27 heavy (non-hydrogen) atoms. The van der Waals surface area contributed by atoms with Gasteiger partial charge in [0.2, 0.25) is 5.91 Å². The number of fused-ring (bicyclic) bond motifs is 1. The number of ether oxygens (including phenoxy) is 1. The zero-order chi connectivity index (χ0) is 19.2. The molecule has 0 aliphatic heterocycles. The number of methoxy groups -OCH3 is 1. The zero-order valence-corrected chi connectivity index (χ0v) is 16.0. The van der Waals surface area contributed by atoms with E-state index in [4.69, 9.17) is 4.74 Å². The number of para-hydroxylation sites is 2. The van der Waals surface area contributed by atoms with Gasteiger partial charge in [-0.15, -0.1) is 0 Å².